The fourth-order valence-electron chi connectivity index (χ4n) is 2.08. The molecule has 0 fully saturated rings. The second-order valence-electron chi connectivity index (χ2n) is 7.21. The van der Waals surface area contributed by atoms with Crippen LogP contribution in [0, 0.1) is 0 Å². The van der Waals surface area contributed by atoms with E-state index >= 15 is 0 Å². The van der Waals surface area contributed by atoms with Crippen LogP contribution in [0.5, 0.6) is 0 Å². The minimum atomic E-state index is -0.548. The van der Waals surface area contributed by atoms with Gasteiger partial charge in [0, 0.05) is 25.2 Å². The number of hydrogen-bond donors (Lipinski definition) is 2. The fraction of sp³-hybridized carbons (Fsp3) is 0.259. The lowest BCUT2D eigenvalue weighted by molar-refractivity contribution is -0.144. The molecule has 0 aliphatic carbocycles. The van der Waals surface area contributed by atoms with Crippen molar-refractivity contribution in [2.75, 3.05) is 27.3 Å². The Balaban J connectivity index is 0.000000500. The zero-order valence-electron chi connectivity index (χ0n) is 20.8. The molecule has 0 saturated carbocycles. The summed E-state index contributed by atoms with van der Waals surface area (Å²) < 4.78 is 9.01. The van der Waals surface area contributed by atoms with E-state index in [1.807, 2.05) is 0 Å². The largest absolute Gasteiger partial charge is 0.452 e. The zero-order chi connectivity index (χ0) is 26.6. The molecule has 0 unspecified atom stereocenters. The summed E-state index contributed by atoms with van der Waals surface area (Å²) in [7, 11) is 2.94. The number of nitrogens with one attached hydrogen (secondary N) is 2. The van der Waals surface area contributed by atoms with Crippen LogP contribution < -0.4 is 10.6 Å². The Bertz CT molecular complexity index is 892. The minimum Gasteiger partial charge on any atom is -0.452 e. The van der Waals surface area contributed by atoms with Gasteiger partial charge < -0.3 is 20.1 Å². The number of hydrogen-bond acceptors (Lipinski definition) is 6. The molecule has 188 valence electrons. The Hall–Kier alpha value is -4.20. The molecule has 0 atom stereocenters. The van der Waals surface area contributed by atoms with Crippen molar-refractivity contribution in [3.63, 3.8) is 0 Å². The summed E-state index contributed by atoms with van der Waals surface area (Å²) in [6.07, 6.45) is 1.03. The van der Waals surface area contributed by atoms with E-state index < -0.39 is 11.9 Å². The van der Waals surface area contributed by atoms with Crippen molar-refractivity contribution in [1.82, 2.24) is 10.6 Å². The molecule has 2 rings (SSSR count). The van der Waals surface area contributed by atoms with Gasteiger partial charge in [0.1, 0.15) is 0 Å². The summed E-state index contributed by atoms with van der Waals surface area (Å²) in [6, 6.07) is 21.1. The predicted octanol–water partition coefficient (Wildman–Crippen LogP) is 2.98. The van der Waals surface area contributed by atoms with Crippen molar-refractivity contribution >= 4 is 23.8 Å². The fourth-order valence-corrected chi connectivity index (χ4v) is 2.08. The van der Waals surface area contributed by atoms with Gasteiger partial charge in [0.15, 0.2) is 13.2 Å². The van der Waals surface area contributed by atoms with Crippen LogP contribution in [0.4, 0.5) is 0 Å². The van der Waals surface area contributed by atoms with Gasteiger partial charge in [-0.1, -0.05) is 73.8 Å². The van der Waals surface area contributed by atoms with Gasteiger partial charge >= 0.3 is 11.9 Å². The standard InChI is InChI=1S/C13H12.2C7H11NO3/c1-3-7-12(8-4-1)11-13-9-5-2-6-10-13;2*1-5(2)7(10)11-4-6(9)8-3/h1-10H,11H2;2*1,4H2,2-3H3,(H,8,9). The molecule has 8 nitrogen and oxygen atoms in total. The molecule has 35 heavy (non-hydrogen) atoms. The molecule has 0 heterocycles. The maximum absolute atomic E-state index is 10.7. The molecular weight excluding hydrogens is 448 g/mol. The number of carbonyl (C=O) groups is 4. The third kappa shape index (κ3) is 16.1. The minimum absolute atomic E-state index is 0.248. The lowest BCUT2D eigenvalue weighted by Crippen LogP contribution is -2.25. The molecule has 2 amide bonds. The van der Waals surface area contributed by atoms with Gasteiger partial charge in [-0.05, 0) is 31.4 Å². The molecule has 0 aliphatic rings. The normalized spacial score (nSPS) is 9.03. The molecule has 2 aromatic rings. The summed E-state index contributed by atoms with van der Waals surface area (Å²) in [6.45, 7) is 9.25. The Kier molecular flexibility index (Phi) is 16.1. The maximum atomic E-state index is 10.7. The third-order valence-electron chi connectivity index (χ3n) is 4.02. The lowest BCUT2D eigenvalue weighted by Gasteiger charge is -2.01. The van der Waals surface area contributed by atoms with Gasteiger partial charge in [-0.25, -0.2) is 9.59 Å². The van der Waals surface area contributed by atoms with E-state index in [2.05, 4.69) is 93.9 Å². The van der Waals surface area contributed by atoms with E-state index in [-0.39, 0.29) is 36.2 Å². The molecule has 2 aromatic carbocycles. The summed E-state index contributed by atoms with van der Waals surface area (Å²) in [4.78, 5) is 42.4. The average Bonchev–Trinajstić information content (AvgIpc) is 2.87. The summed E-state index contributed by atoms with van der Waals surface area (Å²) >= 11 is 0. The van der Waals surface area contributed by atoms with Gasteiger partial charge in [0.25, 0.3) is 11.8 Å². The van der Waals surface area contributed by atoms with Gasteiger partial charge in [0.2, 0.25) is 0 Å². The SMILES string of the molecule is C=C(C)C(=O)OCC(=O)NC.C=C(C)C(=O)OCC(=O)NC.c1ccc(Cc2ccccc2)cc1. The van der Waals surface area contributed by atoms with Crippen LogP contribution in [-0.4, -0.2) is 51.1 Å². The van der Waals surface area contributed by atoms with Crippen molar-refractivity contribution in [1.29, 1.82) is 0 Å². The first-order valence-electron chi connectivity index (χ1n) is 10.7. The number of benzene rings is 2. The first-order valence-corrected chi connectivity index (χ1v) is 10.7. The van der Waals surface area contributed by atoms with Crippen LogP contribution in [-0.2, 0) is 35.1 Å². The van der Waals surface area contributed by atoms with Crippen LogP contribution >= 0.6 is 0 Å². The number of carbonyl (C=O) groups excluding carboxylic acids is 4. The van der Waals surface area contributed by atoms with Crippen LogP contribution in [0.25, 0.3) is 0 Å². The first-order chi connectivity index (χ1) is 16.6. The van der Waals surface area contributed by atoms with E-state index in [4.69, 9.17) is 0 Å². The molecule has 0 aliphatic heterocycles. The molecule has 0 spiro atoms. The number of esters is 2. The molecule has 0 saturated heterocycles. The van der Waals surface area contributed by atoms with Crippen molar-refractivity contribution in [2.45, 2.75) is 20.3 Å². The predicted molar refractivity (Wildman–Crippen MR) is 135 cm³/mol. The summed E-state index contributed by atoms with van der Waals surface area (Å²) in [5.74, 6) is -1.76. The highest BCUT2D eigenvalue weighted by molar-refractivity contribution is 5.89. The number of amides is 2. The highest BCUT2D eigenvalue weighted by Gasteiger charge is 2.06. The van der Waals surface area contributed by atoms with E-state index in [9.17, 15) is 19.2 Å². The van der Waals surface area contributed by atoms with E-state index in [0.717, 1.165) is 6.42 Å². The second kappa shape index (κ2) is 18.3. The van der Waals surface area contributed by atoms with Gasteiger partial charge in [0.05, 0.1) is 0 Å². The van der Waals surface area contributed by atoms with E-state index in [1.54, 1.807) is 0 Å². The topological polar surface area (TPSA) is 111 Å². The van der Waals surface area contributed by atoms with Gasteiger partial charge in [-0.15, -0.1) is 0 Å². The number of rotatable bonds is 8. The summed E-state index contributed by atoms with van der Waals surface area (Å²) in [5, 5.41) is 4.63. The monoisotopic (exact) mass is 482 g/mol. The lowest BCUT2D eigenvalue weighted by atomic mass is 10.1. The Labute approximate surface area is 207 Å². The Morgan fingerprint density at radius 1 is 0.657 bits per heavy atom. The molecule has 2 N–H and O–H groups in total. The molecular formula is C27H34N2O6. The van der Waals surface area contributed by atoms with Gasteiger partial charge in [-0.2, -0.15) is 0 Å². The van der Waals surface area contributed by atoms with Crippen LogP contribution in [0.2, 0.25) is 0 Å². The number of likely N-dealkylation sites (N-methyl/N-ethyl adjacent to an activating group) is 2. The first kappa shape index (κ1) is 30.8. The summed E-state index contributed by atoms with van der Waals surface area (Å²) in [5.41, 5.74) is 3.31. The van der Waals surface area contributed by atoms with Crippen molar-refractivity contribution < 1.29 is 28.7 Å². The molecule has 0 radical (unpaired) electrons. The molecule has 0 bridgehead atoms. The molecule has 0 aromatic heterocycles. The van der Waals surface area contributed by atoms with Crippen LogP contribution in [0.1, 0.15) is 25.0 Å². The average molecular weight is 483 g/mol. The van der Waals surface area contributed by atoms with E-state index in [1.165, 1.54) is 39.1 Å². The highest BCUT2D eigenvalue weighted by Crippen LogP contribution is 2.07. The van der Waals surface area contributed by atoms with Crippen LogP contribution in [0.15, 0.2) is 85.0 Å². The quantitative estimate of drug-likeness (QED) is 0.442. The van der Waals surface area contributed by atoms with Crippen molar-refractivity contribution in [3.8, 4) is 0 Å². The Morgan fingerprint density at radius 2 is 0.971 bits per heavy atom. The molecule has 8 heteroatoms. The zero-order valence-corrected chi connectivity index (χ0v) is 20.8. The second-order valence-corrected chi connectivity index (χ2v) is 7.21. The maximum Gasteiger partial charge on any atom is 0.333 e. The van der Waals surface area contributed by atoms with Crippen molar-refractivity contribution in [2.24, 2.45) is 0 Å². The Morgan fingerprint density at radius 3 is 1.23 bits per heavy atom. The van der Waals surface area contributed by atoms with Crippen LogP contribution in [0.3, 0.4) is 0 Å². The smallest absolute Gasteiger partial charge is 0.333 e. The number of ether oxygens (including phenoxy) is 2. The van der Waals surface area contributed by atoms with Crippen molar-refractivity contribution in [3.05, 3.63) is 96.1 Å². The van der Waals surface area contributed by atoms with E-state index in [0.29, 0.717) is 0 Å². The highest BCUT2D eigenvalue weighted by atomic mass is 16.5. The van der Waals surface area contributed by atoms with Gasteiger partial charge in [-0.3, -0.25) is 9.59 Å². The third-order valence-corrected chi connectivity index (χ3v) is 4.02.